The molecule has 1 amide bonds. The smallest absolute Gasteiger partial charge is 0.222 e. The van der Waals surface area contributed by atoms with Gasteiger partial charge in [0, 0.05) is 20.1 Å². The second-order valence-corrected chi connectivity index (χ2v) is 6.15. The maximum absolute atomic E-state index is 13.6. The zero-order chi connectivity index (χ0) is 19.6. The van der Waals surface area contributed by atoms with Crippen LogP contribution in [0.2, 0.25) is 0 Å². The van der Waals surface area contributed by atoms with Crippen LogP contribution in [0.4, 0.5) is 8.78 Å². The monoisotopic (exact) mass is 374 g/mol. The lowest BCUT2D eigenvalue weighted by Crippen LogP contribution is -2.43. The maximum atomic E-state index is 13.6. The van der Waals surface area contributed by atoms with Crippen LogP contribution in [0.25, 0.3) is 0 Å². The molecule has 1 atom stereocenters. The molecule has 0 aromatic heterocycles. The van der Waals surface area contributed by atoms with Gasteiger partial charge in [0.1, 0.15) is 11.6 Å². The number of benzene rings is 2. The SMILES string of the molecule is CN=C(NCCc1ccccc1F)NCC(Cc1ccc(F)cc1)C(N)=O. The lowest BCUT2D eigenvalue weighted by molar-refractivity contribution is -0.121. The van der Waals surface area contributed by atoms with E-state index >= 15 is 0 Å². The van der Waals surface area contributed by atoms with Crippen LogP contribution in [0.15, 0.2) is 53.5 Å². The fraction of sp³-hybridized carbons (Fsp3) is 0.300. The van der Waals surface area contributed by atoms with Crippen molar-refractivity contribution < 1.29 is 13.6 Å². The van der Waals surface area contributed by atoms with Gasteiger partial charge in [-0.05, 0) is 42.2 Å². The molecule has 4 N–H and O–H groups in total. The van der Waals surface area contributed by atoms with E-state index in [1.165, 1.54) is 18.2 Å². The Morgan fingerprint density at radius 1 is 1.11 bits per heavy atom. The predicted molar refractivity (Wildman–Crippen MR) is 102 cm³/mol. The summed E-state index contributed by atoms with van der Waals surface area (Å²) < 4.78 is 26.6. The lowest BCUT2D eigenvalue weighted by Gasteiger charge is -2.17. The van der Waals surface area contributed by atoms with Crippen molar-refractivity contribution in [3.63, 3.8) is 0 Å². The van der Waals surface area contributed by atoms with Crippen LogP contribution < -0.4 is 16.4 Å². The Kier molecular flexibility index (Phi) is 7.73. The first kappa shape index (κ1) is 20.4. The van der Waals surface area contributed by atoms with Crippen LogP contribution in [0.5, 0.6) is 0 Å². The number of aliphatic imine (C=N–C) groups is 1. The number of carbonyl (C=O) groups excluding carboxylic acids is 1. The van der Waals surface area contributed by atoms with Gasteiger partial charge in [-0.15, -0.1) is 0 Å². The number of guanidine groups is 1. The lowest BCUT2D eigenvalue weighted by atomic mass is 9.98. The van der Waals surface area contributed by atoms with Crippen LogP contribution in [0, 0.1) is 17.6 Å². The van der Waals surface area contributed by atoms with Crippen molar-refractivity contribution in [3.05, 3.63) is 71.3 Å². The number of rotatable bonds is 8. The zero-order valence-corrected chi connectivity index (χ0v) is 15.2. The summed E-state index contributed by atoms with van der Waals surface area (Å²) in [5.74, 6) is -0.992. The van der Waals surface area contributed by atoms with Crippen molar-refractivity contribution in [2.75, 3.05) is 20.1 Å². The van der Waals surface area contributed by atoms with Crippen LogP contribution in [-0.4, -0.2) is 32.0 Å². The van der Waals surface area contributed by atoms with Crippen molar-refractivity contribution in [1.29, 1.82) is 0 Å². The van der Waals surface area contributed by atoms with E-state index < -0.39 is 11.8 Å². The third kappa shape index (κ3) is 6.69. The Bertz CT molecular complexity index is 778. The first-order chi connectivity index (χ1) is 13.0. The number of nitrogens with two attached hydrogens (primary N) is 1. The van der Waals surface area contributed by atoms with Crippen LogP contribution in [0.1, 0.15) is 11.1 Å². The van der Waals surface area contributed by atoms with Gasteiger partial charge in [0.05, 0.1) is 5.92 Å². The molecule has 0 aliphatic carbocycles. The maximum Gasteiger partial charge on any atom is 0.222 e. The van der Waals surface area contributed by atoms with Gasteiger partial charge >= 0.3 is 0 Å². The van der Waals surface area contributed by atoms with Gasteiger partial charge < -0.3 is 16.4 Å². The van der Waals surface area contributed by atoms with Gasteiger partial charge in [0.25, 0.3) is 0 Å². The Hall–Kier alpha value is -2.96. The molecule has 0 fully saturated rings. The van der Waals surface area contributed by atoms with Crippen LogP contribution >= 0.6 is 0 Å². The molecule has 27 heavy (non-hydrogen) atoms. The highest BCUT2D eigenvalue weighted by Gasteiger charge is 2.16. The normalized spacial score (nSPS) is 12.5. The molecular weight excluding hydrogens is 350 g/mol. The minimum absolute atomic E-state index is 0.240. The number of amides is 1. The van der Waals surface area contributed by atoms with E-state index in [0.717, 1.165) is 5.56 Å². The molecule has 0 aliphatic rings. The molecule has 0 saturated carbocycles. The molecular formula is C20H24F2N4O. The molecule has 1 unspecified atom stereocenters. The molecule has 0 saturated heterocycles. The number of carbonyl (C=O) groups is 1. The van der Waals surface area contributed by atoms with E-state index in [0.29, 0.717) is 30.9 Å². The summed E-state index contributed by atoms with van der Waals surface area (Å²) >= 11 is 0. The molecule has 0 spiro atoms. The summed E-state index contributed by atoms with van der Waals surface area (Å²) in [7, 11) is 1.61. The second kappa shape index (κ2) is 10.3. The minimum atomic E-state index is -0.472. The van der Waals surface area contributed by atoms with E-state index in [2.05, 4.69) is 15.6 Å². The summed E-state index contributed by atoms with van der Waals surface area (Å²) in [6.07, 6.45) is 0.900. The molecule has 2 aromatic rings. The van der Waals surface area contributed by atoms with Gasteiger partial charge in [0.15, 0.2) is 5.96 Å². The van der Waals surface area contributed by atoms with E-state index in [1.54, 1.807) is 37.4 Å². The Labute approximate surface area is 157 Å². The zero-order valence-electron chi connectivity index (χ0n) is 15.2. The number of halogens is 2. The van der Waals surface area contributed by atoms with Crippen molar-refractivity contribution in [2.45, 2.75) is 12.8 Å². The van der Waals surface area contributed by atoms with Crippen molar-refractivity contribution in [2.24, 2.45) is 16.6 Å². The molecule has 0 heterocycles. The Balaban J connectivity index is 1.84. The second-order valence-electron chi connectivity index (χ2n) is 6.15. The summed E-state index contributed by atoms with van der Waals surface area (Å²) in [5.41, 5.74) is 6.92. The average molecular weight is 374 g/mol. The molecule has 2 aromatic carbocycles. The van der Waals surface area contributed by atoms with E-state index in [1.807, 2.05) is 0 Å². The van der Waals surface area contributed by atoms with Crippen molar-refractivity contribution >= 4 is 11.9 Å². The standard InChI is InChI=1S/C20H24F2N4O/c1-24-20(25-11-10-15-4-2-3-5-18(15)22)26-13-16(19(23)27)12-14-6-8-17(21)9-7-14/h2-9,16H,10-13H2,1H3,(H2,23,27)(H2,24,25,26). The first-order valence-electron chi connectivity index (χ1n) is 8.71. The highest BCUT2D eigenvalue weighted by molar-refractivity contribution is 5.81. The first-order valence-corrected chi connectivity index (χ1v) is 8.71. The number of nitrogens with one attached hydrogen (secondary N) is 2. The third-order valence-corrected chi connectivity index (χ3v) is 4.18. The molecule has 0 radical (unpaired) electrons. The fourth-order valence-corrected chi connectivity index (χ4v) is 2.64. The summed E-state index contributed by atoms with van der Waals surface area (Å²) in [6, 6.07) is 12.6. The van der Waals surface area contributed by atoms with Crippen molar-refractivity contribution in [3.8, 4) is 0 Å². The number of nitrogens with zero attached hydrogens (tertiary/aromatic N) is 1. The fourth-order valence-electron chi connectivity index (χ4n) is 2.64. The summed E-state index contributed by atoms with van der Waals surface area (Å²) in [6.45, 7) is 0.770. The summed E-state index contributed by atoms with van der Waals surface area (Å²) in [5, 5.41) is 6.13. The quantitative estimate of drug-likeness (QED) is 0.489. The van der Waals surface area contributed by atoms with Crippen LogP contribution in [0.3, 0.4) is 0 Å². The summed E-state index contributed by atoms with van der Waals surface area (Å²) in [4.78, 5) is 15.8. The van der Waals surface area contributed by atoms with Gasteiger partial charge in [-0.2, -0.15) is 0 Å². The van der Waals surface area contributed by atoms with Gasteiger partial charge in [-0.3, -0.25) is 9.79 Å². The van der Waals surface area contributed by atoms with E-state index in [-0.39, 0.29) is 18.2 Å². The molecule has 2 rings (SSSR count). The van der Waals surface area contributed by atoms with E-state index in [9.17, 15) is 13.6 Å². The third-order valence-electron chi connectivity index (χ3n) is 4.18. The highest BCUT2D eigenvalue weighted by Crippen LogP contribution is 2.10. The minimum Gasteiger partial charge on any atom is -0.369 e. The largest absolute Gasteiger partial charge is 0.369 e. The molecule has 144 valence electrons. The Morgan fingerprint density at radius 3 is 2.44 bits per heavy atom. The van der Waals surface area contributed by atoms with Crippen LogP contribution in [-0.2, 0) is 17.6 Å². The number of hydrogen-bond donors (Lipinski definition) is 3. The molecule has 5 nitrogen and oxygen atoms in total. The predicted octanol–water partition coefficient (Wildman–Crippen LogP) is 2.02. The van der Waals surface area contributed by atoms with Crippen molar-refractivity contribution in [1.82, 2.24) is 10.6 Å². The average Bonchev–Trinajstić information content (AvgIpc) is 2.66. The van der Waals surface area contributed by atoms with E-state index in [4.69, 9.17) is 5.73 Å². The van der Waals surface area contributed by atoms with Gasteiger partial charge in [-0.1, -0.05) is 30.3 Å². The molecule has 7 heteroatoms. The number of primary amides is 1. The topological polar surface area (TPSA) is 79.5 Å². The number of hydrogen-bond acceptors (Lipinski definition) is 2. The molecule has 0 bridgehead atoms. The van der Waals surface area contributed by atoms with Gasteiger partial charge in [0.2, 0.25) is 5.91 Å². The van der Waals surface area contributed by atoms with Gasteiger partial charge in [-0.25, -0.2) is 8.78 Å². The highest BCUT2D eigenvalue weighted by atomic mass is 19.1. The Morgan fingerprint density at radius 2 is 1.81 bits per heavy atom. The molecule has 0 aliphatic heterocycles.